The van der Waals surface area contributed by atoms with Gasteiger partial charge >= 0.3 is 0 Å². The van der Waals surface area contributed by atoms with Gasteiger partial charge in [-0.1, -0.05) is 18.2 Å². The van der Waals surface area contributed by atoms with Crippen LogP contribution in [0.2, 0.25) is 0 Å². The fourth-order valence-electron chi connectivity index (χ4n) is 0.180. The first-order valence-corrected chi connectivity index (χ1v) is 2.34. The lowest BCUT2D eigenvalue weighted by atomic mass is 10.5. The molecular weight excluding hydrogens is 124 g/mol. The van der Waals surface area contributed by atoms with Crippen LogP contribution in [0, 0.1) is 0 Å². The van der Waals surface area contributed by atoms with E-state index >= 15 is 0 Å². The molecule has 0 unspecified atom stereocenters. The van der Waals surface area contributed by atoms with Gasteiger partial charge in [-0.15, -0.1) is 0 Å². The lowest BCUT2D eigenvalue weighted by Crippen LogP contribution is -1.93. The maximum absolute atomic E-state index is 5.42. The number of nitrogens with two attached hydrogens (primary N) is 1. The zero-order valence-electron chi connectivity index (χ0n) is 4.39. The average molecular weight is 131 g/mol. The number of aliphatic imine (C=N–C) groups is 1. The zero-order chi connectivity index (χ0) is 6.57. The molecule has 0 saturated carbocycles. The Morgan fingerprint density at radius 1 is 1.75 bits per heavy atom. The summed E-state index contributed by atoms with van der Waals surface area (Å²) in [5.74, 6) is 0.210. The van der Waals surface area contributed by atoms with E-state index in [1.807, 2.05) is 0 Å². The molecule has 0 aliphatic rings. The van der Waals surface area contributed by atoms with Gasteiger partial charge < -0.3 is 5.73 Å². The molecule has 0 fully saturated rings. The van der Waals surface area contributed by atoms with Gasteiger partial charge in [0.2, 0.25) is 0 Å². The van der Waals surface area contributed by atoms with Gasteiger partial charge in [-0.05, 0) is 12.8 Å². The van der Waals surface area contributed by atoms with Gasteiger partial charge in [0.25, 0.3) is 0 Å². The summed E-state index contributed by atoms with van der Waals surface area (Å²) in [6.45, 7) is 6.54. The molecule has 0 heterocycles. The Morgan fingerprint density at radius 2 is 2.25 bits per heavy atom. The first kappa shape index (κ1) is 7.24. The van der Waals surface area contributed by atoms with Crippen molar-refractivity contribution in [2.45, 2.75) is 0 Å². The molecule has 0 aliphatic heterocycles. The van der Waals surface area contributed by atoms with Gasteiger partial charge in [-0.25, -0.2) is 4.99 Å². The number of hydrogen-bond donors (Lipinski definition) is 1. The van der Waals surface area contributed by atoms with Crippen LogP contribution in [0.15, 0.2) is 28.5 Å². The summed E-state index contributed by atoms with van der Waals surface area (Å²) in [6.07, 6.45) is 1.41. The molecule has 0 amide bonds. The van der Waals surface area contributed by atoms with Crippen molar-refractivity contribution in [3.63, 3.8) is 0 Å². The van der Waals surface area contributed by atoms with E-state index in [0.29, 0.717) is 5.03 Å². The molecule has 0 saturated heterocycles. The third kappa shape index (κ3) is 1.80. The van der Waals surface area contributed by atoms with Crippen LogP contribution in [0.3, 0.4) is 0 Å². The molecule has 44 valence electrons. The Hall–Kier alpha value is -0.760. The van der Waals surface area contributed by atoms with Crippen LogP contribution in [-0.4, -0.2) is 6.72 Å². The minimum absolute atomic E-state index is 0.210. The van der Waals surface area contributed by atoms with Crippen molar-refractivity contribution < 1.29 is 0 Å². The maximum Gasteiger partial charge on any atom is 0.141 e. The lowest BCUT2D eigenvalue weighted by molar-refractivity contribution is 1.25. The normalized spacial score (nSPS) is 12.1. The van der Waals surface area contributed by atoms with E-state index in [0.717, 1.165) is 0 Å². The fourth-order valence-corrected chi connectivity index (χ4v) is 0.240. The zero-order valence-corrected chi connectivity index (χ0v) is 5.15. The fraction of sp³-hybridized carbons (Fsp3) is 0. The molecule has 8 heavy (non-hydrogen) atoms. The van der Waals surface area contributed by atoms with Crippen LogP contribution in [0.25, 0.3) is 0 Å². The van der Waals surface area contributed by atoms with Crippen LogP contribution in [0.1, 0.15) is 0 Å². The molecule has 3 heteroatoms. The van der Waals surface area contributed by atoms with Crippen LogP contribution in [-0.2, 0) is 0 Å². The summed E-state index contributed by atoms with van der Waals surface area (Å²) in [6, 6.07) is 0. The summed E-state index contributed by atoms with van der Waals surface area (Å²) in [4.78, 5) is 3.36. The number of allylic oxidation sites excluding steroid dienone is 2. The third-order valence-electron chi connectivity index (χ3n) is 0.594. The number of halogens is 1. The average Bonchev–Trinajstić information content (AvgIpc) is 1.84. The Labute approximate surface area is 53.4 Å². The van der Waals surface area contributed by atoms with Gasteiger partial charge in [0.1, 0.15) is 5.82 Å². The minimum Gasteiger partial charge on any atom is -0.382 e. The standard InChI is InChI=1S/C5H7ClN2/c1-3-4(6)5(7)8-2/h3H,1-2,7H2/b5-4+. The highest BCUT2D eigenvalue weighted by molar-refractivity contribution is 6.31. The second kappa shape index (κ2) is 3.27. The first-order valence-electron chi connectivity index (χ1n) is 1.96. The second-order valence-electron chi connectivity index (χ2n) is 1.10. The Kier molecular flexibility index (Phi) is 2.96. The van der Waals surface area contributed by atoms with Crippen molar-refractivity contribution >= 4 is 18.3 Å². The summed E-state index contributed by atoms with van der Waals surface area (Å²) in [7, 11) is 0. The molecule has 0 aromatic heterocycles. The molecule has 0 bridgehead atoms. The molecule has 0 rings (SSSR count). The van der Waals surface area contributed by atoms with E-state index in [9.17, 15) is 0 Å². The molecule has 0 aliphatic carbocycles. The number of rotatable bonds is 2. The van der Waals surface area contributed by atoms with E-state index in [2.05, 4.69) is 18.3 Å². The molecule has 0 aromatic rings. The topological polar surface area (TPSA) is 38.4 Å². The lowest BCUT2D eigenvalue weighted by Gasteiger charge is -1.89. The smallest absolute Gasteiger partial charge is 0.141 e. The predicted molar refractivity (Wildman–Crippen MR) is 36.8 cm³/mol. The molecule has 0 radical (unpaired) electrons. The Morgan fingerprint density at radius 3 is 2.38 bits per heavy atom. The summed E-state index contributed by atoms with van der Waals surface area (Å²) in [5, 5.41) is 0.333. The maximum atomic E-state index is 5.42. The molecular formula is C5H7ClN2. The van der Waals surface area contributed by atoms with Crippen molar-refractivity contribution in [3.05, 3.63) is 23.5 Å². The largest absolute Gasteiger partial charge is 0.382 e. The van der Waals surface area contributed by atoms with Crippen molar-refractivity contribution in [3.8, 4) is 0 Å². The van der Waals surface area contributed by atoms with Gasteiger partial charge in [0, 0.05) is 0 Å². The van der Waals surface area contributed by atoms with E-state index in [-0.39, 0.29) is 5.82 Å². The van der Waals surface area contributed by atoms with Gasteiger partial charge in [-0.2, -0.15) is 0 Å². The summed E-state index contributed by atoms with van der Waals surface area (Å²) < 4.78 is 0. The third-order valence-corrected chi connectivity index (χ3v) is 0.942. The Balaban J connectivity index is 4.25. The van der Waals surface area contributed by atoms with Gasteiger partial charge in [0.15, 0.2) is 0 Å². The molecule has 0 spiro atoms. The predicted octanol–water partition coefficient (Wildman–Crippen LogP) is 1.24. The van der Waals surface area contributed by atoms with Crippen molar-refractivity contribution in [2.24, 2.45) is 10.7 Å². The summed E-state index contributed by atoms with van der Waals surface area (Å²) in [5.41, 5.74) is 5.17. The van der Waals surface area contributed by atoms with Crippen LogP contribution < -0.4 is 5.73 Å². The van der Waals surface area contributed by atoms with Crippen LogP contribution in [0.4, 0.5) is 0 Å². The van der Waals surface area contributed by atoms with E-state index in [4.69, 9.17) is 17.3 Å². The van der Waals surface area contributed by atoms with E-state index in [1.54, 1.807) is 0 Å². The Bertz CT molecular complexity index is 121. The SMILES string of the molecule is C=C/C(Cl)=C(/N)N=C. The van der Waals surface area contributed by atoms with Crippen LogP contribution >= 0.6 is 11.6 Å². The second-order valence-corrected chi connectivity index (χ2v) is 1.50. The number of nitrogens with zero attached hydrogens (tertiary/aromatic N) is 1. The van der Waals surface area contributed by atoms with Gasteiger partial charge in [-0.3, -0.25) is 0 Å². The van der Waals surface area contributed by atoms with Gasteiger partial charge in [0.05, 0.1) is 5.03 Å². The molecule has 0 atom stereocenters. The first-order chi connectivity index (χ1) is 3.72. The molecule has 2 nitrogen and oxygen atoms in total. The molecule has 2 N–H and O–H groups in total. The highest BCUT2D eigenvalue weighted by Crippen LogP contribution is 2.04. The van der Waals surface area contributed by atoms with Crippen molar-refractivity contribution in [1.29, 1.82) is 0 Å². The monoisotopic (exact) mass is 130 g/mol. The van der Waals surface area contributed by atoms with E-state index < -0.39 is 0 Å². The van der Waals surface area contributed by atoms with Crippen LogP contribution in [0.5, 0.6) is 0 Å². The van der Waals surface area contributed by atoms with Crippen molar-refractivity contribution in [1.82, 2.24) is 0 Å². The highest BCUT2D eigenvalue weighted by atomic mass is 35.5. The van der Waals surface area contributed by atoms with Crippen molar-refractivity contribution in [2.75, 3.05) is 0 Å². The minimum atomic E-state index is 0.210. The quantitative estimate of drug-likeness (QED) is 0.443. The summed E-state index contributed by atoms with van der Waals surface area (Å²) >= 11 is 5.42. The van der Waals surface area contributed by atoms with E-state index in [1.165, 1.54) is 6.08 Å². The molecule has 0 aromatic carbocycles. The number of hydrogen-bond acceptors (Lipinski definition) is 2. The highest BCUT2D eigenvalue weighted by Gasteiger charge is 1.87.